The summed E-state index contributed by atoms with van der Waals surface area (Å²) >= 11 is 0. The minimum absolute atomic E-state index is 1.35. The zero-order valence-corrected chi connectivity index (χ0v) is 52.1. The summed E-state index contributed by atoms with van der Waals surface area (Å²) in [7, 11) is 69.2. The average molecular weight is 926 g/mol. The van der Waals surface area contributed by atoms with Crippen LogP contribution in [0.2, 0.25) is 0 Å². The molecule has 0 nitrogen and oxygen atoms in total. The van der Waals surface area contributed by atoms with Crippen LogP contribution in [-0.2, 0) is 0 Å². The van der Waals surface area contributed by atoms with Gasteiger partial charge in [-0.05, 0) is 87.6 Å². The first-order valence-corrected chi connectivity index (χ1v) is 28.1. The summed E-state index contributed by atoms with van der Waals surface area (Å²) in [5.41, 5.74) is 51.9. The van der Waals surface area contributed by atoms with Gasteiger partial charge in [-0.1, -0.05) is 121 Å². The van der Waals surface area contributed by atoms with Gasteiger partial charge in [-0.2, -0.15) is 0 Å². The van der Waals surface area contributed by atoms with E-state index in [-0.39, 0.29) is 0 Å². The lowest BCUT2D eigenvalue weighted by molar-refractivity contribution is 1.81. The van der Waals surface area contributed by atoms with Gasteiger partial charge in [-0.3, -0.25) is 0 Å². The first-order chi connectivity index (χ1) is 34.9. The lowest BCUT2D eigenvalue weighted by Crippen LogP contribution is -2.53. The number of fused-ring (bicyclic) bond motifs is 4. The molecular formula is C46H59B29. The van der Waals surface area contributed by atoms with Crippen molar-refractivity contribution in [1.82, 2.24) is 0 Å². The molecule has 0 saturated heterocycles. The maximum absolute atomic E-state index is 2.58. The normalized spacial score (nSPS) is 11.7. The average Bonchev–Trinajstić information content (AvgIpc) is 3.37. The van der Waals surface area contributed by atoms with Gasteiger partial charge in [0.1, 0.15) is 228 Å². The van der Waals surface area contributed by atoms with Crippen LogP contribution in [0.5, 0.6) is 0 Å². The second-order valence-electron chi connectivity index (χ2n) is 24.4. The van der Waals surface area contributed by atoms with Gasteiger partial charge in [0.15, 0.2) is 0 Å². The maximum atomic E-state index is 2.58. The molecule has 75 heavy (non-hydrogen) atoms. The number of rotatable bonds is 4. The van der Waals surface area contributed by atoms with E-state index in [1.54, 1.807) is 0 Å². The van der Waals surface area contributed by atoms with E-state index in [4.69, 9.17) is 0 Å². The molecule has 0 spiro atoms. The summed E-state index contributed by atoms with van der Waals surface area (Å²) in [4.78, 5) is 0. The van der Waals surface area contributed by atoms with E-state index in [1.807, 2.05) is 0 Å². The Morgan fingerprint density at radius 1 is 0.133 bits per heavy atom. The van der Waals surface area contributed by atoms with Gasteiger partial charge in [-0.25, -0.2) is 0 Å². The summed E-state index contributed by atoms with van der Waals surface area (Å²) in [6, 6.07) is 2.58. The van der Waals surface area contributed by atoms with Crippen LogP contribution in [0, 0.1) is 0 Å². The monoisotopic (exact) mass is 931 g/mol. The van der Waals surface area contributed by atoms with Crippen molar-refractivity contribution < 1.29 is 0 Å². The Kier molecular flexibility index (Phi) is 14.2. The van der Waals surface area contributed by atoms with Crippen molar-refractivity contribution in [3.05, 3.63) is 6.07 Å². The zero-order valence-electron chi connectivity index (χ0n) is 52.1. The van der Waals surface area contributed by atoms with Gasteiger partial charge in [0.2, 0.25) is 0 Å². The molecule has 0 aromatic heterocycles. The Labute approximate surface area is 476 Å². The minimum Gasteiger partial charge on any atom is -0.101 e. The lowest BCUT2D eigenvalue weighted by atomic mass is 9.55. The molecular weight excluding hydrogens is 866 g/mol. The summed E-state index contributed by atoms with van der Waals surface area (Å²) < 4.78 is 0. The fourth-order valence-electron chi connectivity index (χ4n) is 15.1. The van der Waals surface area contributed by atoms with E-state index >= 15 is 0 Å². The SMILES string of the molecule is Bc1cc2c(-c3c(B)c(B)c(-c4c(B)c(B)c(B)c5c(B)c(B)c(B)c(B)c45)c(B)c3B)c3c(B)c(B)c(B)c(B)c3c(-c3c(B)c(B)c(-c4c(B)c(B)c5c(B)c(B)c(B)c(B)c5c4B)c(B)c3B)c2c(B)c1B. The molecule has 330 valence electrons. The van der Waals surface area contributed by atoms with Crippen molar-refractivity contribution >= 4 is 429 Å². The number of benzene rings is 9. The minimum atomic E-state index is 1.35. The Balaban J connectivity index is 1.48. The van der Waals surface area contributed by atoms with Crippen molar-refractivity contribution in [1.29, 1.82) is 0 Å². The third kappa shape index (κ3) is 7.46. The molecule has 0 aliphatic rings. The molecule has 0 bridgehead atoms. The van der Waals surface area contributed by atoms with E-state index in [1.165, 1.54) is 246 Å². The highest BCUT2D eigenvalue weighted by Gasteiger charge is 2.31. The van der Waals surface area contributed by atoms with Crippen LogP contribution in [0.4, 0.5) is 0 Å². The molecule has 29 heteroatoms. The summed E-state index contributed by atoms with van der Waals surface area (Å²) in [6.07, 6.45) is 0. The fourth-order valence-corrected chi connectivity index (χ4v) is 15.1. The third-order valence-corrected chi connectivity index (χ3v) is 21.7. The quantitative estimate of drug-likeness (QED) is 0.122. The Morgan fingerprint density at radius 2 is 0.333 bits per heavy atom. The standard InChI is InChI=1S/C46H59B29/c47-3-1-2-4(11-26(55)30(59)13(31(60)27(11)56)9-10-14(36(65)40(69)24(9)53)37(66)44(73)43(72)25(10)54)7-8(23(52)42(71)41(70)22(7)51)6(5(2)21(50)19(3)48)12-28(57)33(62)17(34(63)29(12)58)15-20(49)16-18(35(64)32(15)61)39(68)46(75)45(74)38(16)67/h1H,47-75H2. The summed E-state index contributed by atoms with van der Waals surface area (Å²) in [5.74, 6) is 0. The first-order valence-electron chi connectivity index (χ1n) is 28.1. The predicted molar refractivity (Wildman–Crippen MR) is 435 cm³/mol. The van der Waals surface area contributed by atoms with Gasteiger partial charge in [0, 0.05) is 0 Å². The number of hydrogen-bond acceptors (Lipinski definition) is 0. The van der Waals surface area contributed by atoms with Crippen LogP contribution in [0.15, 0.2) is 6.07 Å². The molecule has 0 aliphatic heterocycles. The van der Waals surface area contributed by atoms with Crippen molar-refractivity contribution in [2.45, 2.75) is 0 Å². The highest BCUT2D eigenvalue weighted by molar-refractivity contribution is 6.77. The Morgan fingerprint density at radius 3 is 0.720 bits per heavy atom. The summed E-state index contributed by atoms with van der Waals surface area (Å²) in [6.45, 7) is 0. The van der Waals surface area contributed by atoms with Gasteiger partial charge >= 0.3 is 0 Å². The second kappa shape index (κ2) is 19.1. The molecule has 0 atom stereocenters. The van der Waals surface area contributed by atoms with Crippen LogP contribution >= 0.6 is 0 Å². The van der Waals surface area contributed by atoms with Crippen LogP contribution in [0.1, 0.15) is 0 Å². The molecule has 0 saturated carbocycles. The van der Waals surface area contributed by atoms with Crippen molar-refractivity contribution in [2.24, 2.45) is 0 Å². The Bertz CT molecular complexity index is 4150. The van der Waals surface area contributed by atoms with E-state index < -0.39 is 0 Å². The van der Waals surface area contributed by atoms with E-state index in [0.717, 1.165) is 0 Å². The lowest BCUT2D eigenvalue weighted by Gasteiger charge is -2.32. The van der Waals surface area contributed by atoms with Crippen molar-refractivity contribution in [3.8, 4) is 44.5 Å². The molecule has 0 N–H and O–H groups in total. The highest BCUT2D eigenvalue weighted by Crippen LogP contribution is 2.39. The van der Waals surface area contributed by atoms with E-state index in [0.29, 0.717) is 0 Å². The third-order valence-electron chi connectivity index (χ3n) is 21.7. The molecule has 9 aromatic carbocycles. The number of hydrogen-bond donors (Lipinski definition) is 0. The van der Waals surface area contributed by atoms with Crippen LogP contribution in [0.25, 0.3) is 87.6 Å². The second-order valence-corrected chi connectivity index (χ2v) is 24.4. The van der Waals surface area contributed by atoms with Gasteiger partial charge in [-0.15, -0.1) is 43.7 Å². The van der Waals surface area contributed by atoms with Crippen molar-refractivity contribution in [3.63, 3.8) is 0 Å². The smallest absolute Gasteiger partial charge is 0.101 e. The topological polar surface area (TPSA) is 0 Å². The summed E-state index contributed by atoms with van der Waals surface area (Å²) in [5, 5.41) is 11.4. The molecule has 9 aromatic rings. The molecule has 0 unspecified atom stereocenters. The van der Waals surface area contributed by atoms with Crippen LogP contribution in [0.3, 0.4) is 0 Å². The molecule has 9 rings (SSSR count). The van der Waals surface area contributed by atoms with Crippen LogP contribution < -0.4 is 158 Å². The highest BCUT2D eigenvalue weighted by atomic mass is 14.3. The van der Waals surface area contributed by atoms with Gasteiger partial charge in [0.25, 0.3) is 0 Å². The van der Waals surface area contributed by atoms with Gasteiger partial charge in [0.05, 0.1) is 0 Å². The zero-order chi connectivity index (χ0) is 55.7. The molecule has 0 heterocycles. The molecule has 0 fully saturated rings. The fraction of sp³-hybridized carbons (Fsp3) is 0. The molecule has 0 radical (unpaired) electrons. The Hall–Kier alpha value is -4.10. The largest absolute Gasteiger partial charge is 0.140 e. The molecule has 0 amide bonds. The maximum Gasteiger partial charge on any atom is 0.140 e. The van der Waals surface area contributed by atoms with Gasteiger partial charge < -0.3 is 0 Å². The molecule has 0 aliphatic carbocycles. The predicted octanol–water partition coefficient (Wildman–Crippen LogP) is -37.5. The van der Waals surface area contributed by atoms with Crippen molar-refractivity contribution in [2.75, 3.05) is 0 Å². The first kappa shape index (κ1) is 55.7. The van der Waals surface area contributed by atoms with E-state index in [9.17, 15) is 0 Å². The van der Waals surface area contributed by atoms with E-state index in [2.05, 4.69) is 234 Å². The van der Waals surface area contributed by atoms with Crippen LogP contribution in [-0.4, -0.2) is 228 Å².